The molecule has 3 rings (SSSR count). The van der Waals surface area contributed by atoms with Crippen LogP contribution in [0.4, 0.5) is 0 Å². The molecule has 0 N–H and O–H groups in total. The van der Waals surface area contributed by atoms with E-state index < -0.39 is 5.97 Å². The molecule has 0 unspecified atom stereocenters. The van der Waals surface area contributed by atoms with Gasteiger partial charge in [0, 0.05) is 13.1 Å². The van der Waals surface area contributed by atoms with Gasteiger partial charge in [-0.15, -0.1) is 0 Å². The molecular weight excluding hydrogens is 354 g/mol. The molecule has 2 aromatic rings. The summed E-state index contributed by atoms with van der Waals surface area (Å²) >= 11 is 0. The van der Waals surface area contributed by atoms with E-state index in [4.69, 9.17) is 9.47 Å². The summed E-state index contributed by atoms with van der Waals surface area (Å²) in [5.41, 5.74) is 2.67. The van der Waals surface area contributed by atoms with Crippen molar-refractivity contribution in [1.82, 2.24) is 4.90 Å². The molecule has 1 aliphatic heterocycles. The third-order valence-electron chi connectivity index (χ3n) is 5.30. The number of likely N-dealkylation sites (tertiary alicyclic amines) is 1. The Bertz CT molecular complexity index is 811. The first-order valence-electron chi connectivity index (χ1n) is 9.70. The topological polar surface area (TPSA) is 55.8 Å². The highest BCUT2D eigenvalue weighted by Gasteiger charge is 2.24. The molecule has 0 bridgehead atoms. The number of hydrogen-bond donors (Lipinski definition) is 0. The lowest BCUT2D eigenvalue weighted by Crippen LogP contribution is -2.41. The Hall–Kier alpha value is -2.82. The number of piperidine rings is 1. The molecule has 0 atom stereocenters. The molecule has 1 fully saturated rings. The predicted molar refractivity (Wildman–Crippen MR) is 107 cm³/mol. The van der Waals surface area contributed by atoms with Crippen LogP contribution in [0.15, 0.2) is 48.5 Å². The van der Waals surface area contributed by atoms with Crippen molar-refractivity contribution in [3.8, 4) is 5.75 Å². The molecular formula is C23H27NO4. The number of aryl methyl sites for hydroxylation is 1. The first kappa shape index (κ1) is 19.9. The Morgan fingerprint density at radius 3 is 2.46 bits per heavy atom. The second-order valence-corrected chi connectivity index (χ2v) is 7.27. The molecule has 148 valence electrons. The lowest BCUT2D eigenvalue weighted by molar-refractivity contribution is -0.135. The fourth-order valence-corrected chi connectivity index (χ4v) is 3.58. The maximum absolute atomic E-state index is 12.4. The third-order valence-corrected chi connectivity index (χ3v) is 5.30. The van der Waals surface area contributed by atoms with Crippen LogP contribution in [-0.4, -0.2) is 43.6 Å². The van der Waals surface area contributed by atoms with Crippen molar-refractivity contribution in [2.45, 2.75) is 26.2 Å². The molecule has 0 aromatic heterocycles. The van der Waals surface area contributed by atoms with E-state index in [0.29, 0.717) is 30.3 Å². The normalized spacial score (nSPS) is 14.6. The Balaban J connectivity index is 1.45. The zero-order valence-corrected chi connectivity index (χ0v) is 16.5. The Kier molecular flexibility index (Phi) is 6.69. The Morgan fingerprint density at radius 1 is 1.07 bits per heavy atom. The van der Waals surface area contributed by atoms with E-state index in [9.17, 15) is 9.59 Å². The second kappa shape index (κ2) is 9.40. The number of nitrogens with zero attached hydrogens (tertiary/aromatic N) is 1. The molecule has 1 saturated heterocycles. The number of ether oxygens (including phenoxy) is 2. The van der Waals surface area contributed by atoms with Crippen molar-refractivity contribution in [3.05, 3.63) is 65.2 Å². The number of esters is 1. The van der Waals surface area contributed by atoms with Crippen LogP contribution in [0.2, 0.25) is 0 Å². The largest absolute Gasteiger partial charge is 0.496 e. The standard InChI is InChI=1S/C23H27NO4/c1-17-8-9-20(15-21(17)27-2)23(26)28-16-22(25)24-12-10-19(11-13-24)14-18-6-4-3-5-7-18/h3-9,15,19H,10-14,16H2,1-2H3. The van der Waals surface area contributed by atoms with E-state index in [0.717, 1.165) is 24.8 Å². The highest BCUT2D eigenvalue weighted by atomic mass is 16.5. The van der Waals surface area contributed by atoms with Gasteiger partial charge in [0.05, 0.1) is 12.7 Å². The minimum atomic E-state index is -0.509. The van der Waals surface area contributed by atoms with Crippen molar-refractivity contribution in [3.63, 3.8) is 0 Å². The van der Waals surface area contributed by atoms with Crippen molar-refractivity contribution in [1.29, 1.82) is 0 Å². The average Bonchev–Trinajstić information content (AvgIpc) is 2.73. The molecule has 2 aromatic carbocycles. The SMILES string of the molecule is COc1cc(C(=O)OCC(=O)N2CCC(Cc3ccccc3)CC2)ccc1C. The monoisotopic (exact) mass is 381 g/mol. The van der Waals surface area contributed by atoms with E-state index in [1.165, 1.54) is 5.56 Å². The van der Waals surface area contributed by atoms with Crippen LogP contribution in [0.3, 0.4) is 0 Å². The smallest absolute Gasteiger partial charge is 0.338 e. The molecule has 1 amide bonds. The Morgan fingerprint density at radius 2 is 1.79 bits per heavy atom. The molecule has 0 radical (unpaired) electrons. The number of carbonyl (C=O) groups is 2. The first-order valence-corrected chi connectivity index (χ1v) is 9.70. The van der Waals surface area contributed by atoms with Gasteiger partial charge in [0.2, 0.25) is 0 Å². The van der Waals surface area contributed by atoms with Gasteiger partial charge in [-0.05, 0) is 55.4 Å². The van der Waals surface area contributed by atoms with Crippen molar-refractivity contribution < 1.29 is 19.1 Å². The molecule has 28 heavy (non-hydrogen) atoms. The van der Waals surface area contributed by atoms with E-state index in [-0.39, 0.29) is 12.5 Å². The first-order chi connectivity index (χ1) is 13.6. The van der Waals surface area contributed by atoms with Crippen molar-refractivity contribution in [2.24, 2.45) is 5.92 Å². The Labute approximate surface area is 166 Å². The summed E-state index contributed by atoms with van der Waals surface area (Å²) in [4.78, 5) is 26.4. The van der Waals surface area contributed by atoms with Crippen LogP contribution in [-0.2, 0) is 16.0 Å². The summed E-state index contributed by atoms with van der Waals surface area (Å²) in [5, 5.41) is 0. The maximum Gasteiger partial charge on any atom is 0.338 e. The number of methoxy groups -OCH3 is 1. The van der Waals surface area contributed by atoms with Crippen LogP contribution >= 0.6 is 0 Å². The molecule has 0 aliphatic carbocycles. The van der Waals surface area contributed by atoms with Crippen LogP contribution in [0.5, 0.6) is 5.75 Å². The van der Waals surface area contributed by atoms with Gasteiger partial charge in [-0.3, -0.25) is 4.79 Å². The number of hydrogen-bond acceptors (Lipinski definition) is 4. The minimum Gasteiger partial charge on any atom is -0.496 e. The lowest BCUT2D eigenvalue weighted by atomic mass is 9.90. The summed E-state index contributed by atoms with van der Waals surface area (Å²) in [7, 11) is 1.56. The van der Waals surface area contributed by atoms with Gasteiger partial charge in [0.1, 0.15) is 5.75 Å². The van der Waals surface area contributed by atoms with Crippen molar-refractivity contribution in [2.75, 3.05) is 26.8 Å². The quantitative estimate of drug-likeness (QED) is 0.717. The lowest BCUT2D eigenvalue weighted by Gasteiger charge is -2.32. The number of amides is 1. The zero-order chi connectivity index (χ0) is 19.9. The average molecular weight is 381 g/mol. The van der Waals surface area contributed by atoms with E-state index in [2.05, 4.69) is 24.3 Å². The predicted octanol–water partition coefficient (Wildman–Crippen LogP) is 3.64. The van der Waals surface area contributed by atoms with Crippen molar-refractivity contribution >= 4 is 11.9 Å². The fourth-order valence-electron chi connectivity index (χ4n) is 3.58. The second-order valence-electron chi connectivity index (χ2n) is 7.27. The summed E-state index contributed by atoms with van der Waals surface area (Å²) in [6.45, 7) is 3.11. The van der Waals surface area contributed by atoms with Gasteiger partial charge in [0.15, 0.2) is 6.61 Å². The van der Waals surface area contributed by atoms with Gasteiger partial charge in [0.25, 0.3) is 5.91 Å². The van der Waals surface area contributed by atoms with Gasteiger partial charge in [-0.25, -0.2) is 4.79 Å². The molecule has 1 heterocycles. The van der Waals surface area contributed by atoms with Gasteiger partial charge >= 0.3 is 5.97 Å². The summed E-state index contributed by atoms with van der Waals surface area (Å²) in [6, 6.07) is 15.6. The van der Waals surface area contributed by atoms with Crippen LogP contribution in [0.1, 0.15) is 34.3 Å². The van der Waals surface area contributed by atoms with Crippen LogP contribution in [0.25, 0.3) is 0 Å². The number of carbonyl (C=O) groups excluding carboxylic acids is 2. The molecule has 5 nitrogen and oxygen atoms in total. The molecule has 0 saturated carbocycles. The molecule has 5 heteroatoms. The zero-order valence-electron chi connectivity index (χ0n) is 16.5. The van der Waals surface area contributed by atoms with Gasteiger partial charge in [-0.2, -0.15) is 0 Å². The summed E-state index contributed by atoms with van der Waals surface area (Å²) in [5.74, 6) is 0.575. The number of rotatable bonds is 6. The molecule has 1 aliphatic rings. The van der Waals surface area contributed by atoms with E-state index in [1.807, 2.05) is 13.0 Å². The number of benzene rings is 2. The fraction of sp³-hybridized carbons (Fsp3) is 0.391. The van der Waals surface area contributed by atoms with Crippen LogP contribution in [0, 0.1) is 12.8 Å². The summed E-state index contributed by atoms with van der Waals surface area (Å²) < 4.78 is 10.4. The van der Waals surface area contributed by atoms with E-state index >= 15 is 0 Å². The minimum absolute atomic E-state index is 0.134. The van der Waals surface area contributed by atoms with Gasteiger partial charge < -0.3 is 14.4 Å². The third kappa shape index (κ3) is 5.12. The van der Waals surface area contributed by atoms with Gasteiger partial charge in [-0.1, -0.05) is 36.4 Å². The maximum atomic E-state index is 12.4. The molecule has 0 spiro atoms. The summed E-state index contributed by atoms with van der Waals surface area (Å²) in [6.07, 6.45) is 3.00. The highest BCUT2D eigenvalue weighted by Crippen LogP contribution is 2.22. The van der Waals surface area contributed by atoms with E-state index in [1.54, 1.807) is 30.2 Å². The van der Waals surface area contributed by atoms with Crippen LogP contribution < -0.4 is 4.74 Å². The highest BCUT2D eigenvalue weighted by molar-refractivity contribution is 5.91.